The second-order valence-corrected chi connectivity index (χ2v) is 4.11. The van der Waals surface area contributed by atoms with Crippen molar-refractivity contribution in [1.29, 1.82) is 0 Å². The van der Waals surface area contributed by atoms with Crippen LogP contribution in [-0.4, -0.2) is 32.6 Å². The highest BCUT2D eigenvalue weighted by Crippen LogP contribution is 2.09. The van der Waals surface area contributed by atoms with Crippen LogP contribution in [0.5, 0.6) is 0 Å². The predicted molar refractivity (Wildman–Crippen MR) is 51.0 cm³/mol. The average molecular weight is 215 g/mol. The first-order valence-electron chi connectivity index (χ1n) is 4.09. The zero-order chi connectivity index (χ0) is 10.9. The number of hydrogen-bond donors (Lipinski definition) is 2. The lowest BCUT2D eigenvalue weighted by atomic mass is 10.3. The molecule has 0 fully saturated rings. The van der Waals surface area contributed by atoms with Crippen LogP contribution >= 0.6 is 0 Å². The van der Waals surface area contributed by atoms with Gasteiger partial charge in [-0.3, -0.25) is 4.55 Å². The Morgan fingerprint density at radius 3 is 2.08 bits per heavy atom. The second-order valence-electron chi connectivity index (χ2n) is 2.57. The van der Waals surface area contributed by atoms with E-state index in [-0.39, 0.29) is 6.42 Å². The van der Waals surface area contributed by atoms with Gasteiger partial charge >= 0.3 is 0 Å². The smallest absolute Gasteiger partial charge is 0.297 e. The Kier molecular flexibility index (Phi) is 9.87. The van der Waals surface area contributed by atoms with Crippen molar-refractivity contribution in [3.8, 4) is 0 Å². The average Bonchev–Trinajstić information content (AvgIpc) is 1.99. The van der Waals surface area contributed by atoms with E-state index in [0.29, 0.717) is 6.42 Å². The van der Waals surface area contributed by atoms with E-state index in [4.69, 9.17) is 4.55 Å². The third-order valence-corrected chi connectivity index (χ3v) is 1.99. The zero-order valence-electron chi connectivity index (χ0n) is 8.25. The van der Waals surface area contributed by atoms with Crippen molar-refractivity contribution in [2.45, 2.75) is 31.7 Å². The molecule has 0 saturated heterocycles. The third-order valence-electron chi connectivity index (χ3n) is 1.11. The molecule has 1 unspecified atom stereocenters. The molecule has 4 nitrogen and oxygen atoms in total. The van der Waals surface area contributed by atoms with E-state index in [0.717, 1.165) is 6.42 Å². The minimum Gasteiger partial charge on any atom is -0.323 e. The molecule has 1 atom stereocenters. The molecule has 0 aromatic carbocycles. The molecule has 0 rings (SSSR count). The Morgan fingerprint density at radius 1 is 1.46 bits per heavy atom. The van der Waals surface area contributed by atoms with E-state index >= 15 is 0 Å². The fourth-order valence-corrected chi connectivity index (χ4v) is 0.978. The fraction of sp³-hybridized carbons (Fsp3) is 1.00. The van der Waals surface area contributed by atoms with Crippen molar-refractivity contribution in [3.05, 3.63) is 0 Å². The van der Waals surface area contributed by atoms with E-state index in [1.165, 1.54) is 0 Å². The van der Waals surface area contributed by atoms with Crippen LogP contribution in [0.3, 0.4) is 0 Å². The zero-order valence-corrected chi connectivity index (χ0v) is 9.07. The molecule has 0 heterocycles. The molecule has 0 amide bonds. The molecule has 0 aliphatic rings. The molecular formula is C7H18FNO3S. The summed E-state index contributed by atoms with van der Waals surface area (Å²) in [6.45, 7) is 1.82. The van der Waals surface area contributed by atoms with E-state index in [1.807, 2.05) is 21.0 Å². The lowest BCUT2D eigenvalue weighted by Gasteiger charge is -2.01. The van der Waals surface area contributed by atoms with Gasteiger partial charge in [-0.1, -0.05) is 13.3 Å². The number of unbranched alkanes of at least 4 members (excludes halogenated alkanes) is 1. The standard InChI is InChI=1S/C5H11FO3S.C2H7N/c1-2-3-4-5(6)10(7,8)9;1-3-2/h5H,2-4H2,1H3,(H,7,8,9);3H,1-2H3. The van der Waals surface area contributed by atoms with Gasteiger partial charge in [0, 0.05) is 0 Å². The van der Waals surface area contributed by atoms with Gasteiger partial charge in [-0.15, -0.1) is 0 Å². The quantitative estimate of drug-likeness (QED) is 0.691. The Labute approximate surface area is 79.3 Å². The molecule has 0 aliphatic heterocycles. The van der Waals surface area contributed by atoms with Crippen molar-refractivity contribution in [1.82, 2.24) is 5.32 Å². The fourth-order valence-electron chi connectivity index (χ4n) is 0.514. The molecule has 0 aromatic rings. The number of nitrogens with one attached hydrogen (secondary N) is 1. The summed E-state index contributed by atoms with van der Waals surface area (Å²) in [5.74, 6) is 0. The summed E-state index contributed by atoms with van der Waals surface area (Å²) in [6, 6.07) is 0. The minimum absolute atomic E-state index is 0.116. The van der Waals surface area contributed by atoms with Gasteiger partial charge in [-0.2, -0.15) is 8.42 Å². The van der Waals surface area contributed by atoms with Crippen LogP contribution in [0.4, 0.5) is 4.39 Å². The monoisotopic (exact) mass is 215 g/mol. The number of alkyl halides is 1. The molecule has 0 radical (unpaired) electrons. The van der Waals surface area contributed by atoms with Crippen LogP contribution in [0, 0.1) is 0 Å². The van der Waals surface area contributed by atoms with Crippen molar-refractivity contribution < 1.29 is 17.4 Å². The van der Waals surface area contributed by atoms with Crippen LogP contribution in [0.15, 0.2) is 0 Å². The molecule has 0 saturated carbocycles. The minimum atomic E-state index is -4.44. The van der Waals surface area contributed by atoms with Gasteiger partial charge in [0.1, 0.15) is 0 Å². The second kappa shape index (κ2) is 8.40. The summed E-state index contributed by atoms with van der Waals surface area (Å²) < 4.78 is 40.4. The number of halogens is 1. The van der Waals surface area contributed by atoms with Gasteiger partial charge in [0.15, 0.2) is 0 Å². The van der Waals surface area contributed by atoms with Gasteiger partial charge in [-0.05, 0) is 26.9 Å². The SMILES string of the molecule is CCCCC(F)S(=O)(=O)O.CNC. The van der Waals surface area contributed by atoms with Gasteiger partial charge in [0.2, 0.25) is 5.50 Å². The summed E-state index contributed by atoms with van der Waals surface area (Å²) in [5.41, 5.74) is -2.10. The summed E-state index contributed by atoms with van der Waals surface area (Å²) in [5, 5.41) is 2.75. The van der Waals surface area contributed by atoms with Crippen molar-refractivity contribution in [2.24, 2.45) is 0 Å². The summed E-state index contributed by atoms with van der Waals surface area (Å²) in [4.78, 5) is 0. The Bertz CT molecular complexity index is 194. The summed E-state index contributed by atoms with van der Waals surface area (Å²) >= 11 is 0. The highest BCUT2D eigenvalue weighted by atomic mass is 32.2. The molecule has 6 heteroatoms. The Balaban J connectivity index is 0. The first-order chi connectivity index (χ1) is 5.90. The summed E-state index contributed by atoms with van der Waals surface area (Å²) in [6.07, 6.45) is 1.08. The first kappa shape index (κ1) is 15.3. The first-order valence-corrected chi connectivity index (χ1v) is 5.59. The maximum atomic E-state index is 12.3. The normalized spacial score (nSPS) is 13.0. The molecular weight excluding hydrogens is 197 g/mol. The number of hydrogen-bond acceptors (Lipinski definition) is 3. The highest BCUT2D eigenvalue weighted by molar-refractivity contribution is 7.86. The molecule has 0 aliphatic carbocycles. The van der Waals surface area contributed by atoms with Gasteiger partial charge in [0.05, 0.1) is 0 Å². The number of rotatable bonds is 4. The molecule has 0 aromatic heterocycles. The molecule has 2 N–H and O–H groups in total. The summed E-state index contributed by atoms with van der Waals surface area (Å²) in [7, 11) is -0.692. The predicted octanol–water partition coefficient (Wildman–Crippen LogP) is 1.20. The van der Waals surface area contributed by atoms with Crippen LogP contribution < -0.4 is 5.32 Å². The van der Waals surface area contributed by atoms with Crippen molar-refractivity contribution >= 4 is 10.1 Å². The molecule has 82 valence electrons. The van der Waals surface area contributed by atoms with Crippen molar-refractivity contribution in [2.75, 3.05) is 14.1 Å². The topological polar surface area (TPSA) is 66.4 Å². The van der Waals surface area contributed by atoms with E-state index in [2.05, 4.69) is 5.32 Å². The van der Waals surface area contributed by atoms with Gasteiger partial charge in [-0.25, -0.2) is 4.39 Å². The molecule has 0 spiro atoms. The van der Waals surface area contributed by atoms with Crippen LogP contribution in [0.25, 0.3) is 0 Å². The molecule has 13 heavy (non-hydrogen) atoms. The largest absolute Gasteiger partial charge is 0.323 e. The van der Waals surface area contributed by atoms with E-state index in [9.17, 15) is 12.8 Å². The lowest BCUT2D eigenvalue weighted by Crippen LogP contribution is -2.14. The van der Waals surface area contributed by atoms with Crippen molar-refractivity contribution in [3.63, 3.8) is 0 Å². The van der Waals surface area contributed by atoms with Crippen LogP contribution in [0.2, 0.25) is 0 Å². The lowest BCUT2D eigenvalue weighted by molar-refractivity contribution is 0.353. The Morgan fingerprint density at radius 2 is 1.85 bits per heavy atom. The van der Waals surface area contributed by atoms with E-state index in [1.54, 1.807) is 0 Å². The highest BCUT2D eigenvalue weighted by Gasteiger charge is 2.20. The van der Waals surface area contributed by atoms with E-state index < -0.39 is 15.6 Å². The maximum absolute atomic E-state index is 12.3. The Hall–Kier alpha value is -0.200. The van der Waals surface area contributed by atoms with Gasteiger partial charge < -0.3 is 5.32 Å². The van der Waals surface area contributed by atoms with Crippen LogP contribution in [-0.2, 0) is 10.1 Å². The van der Waals surface area contributed by atoms with Gasteiger partial charge in [0.25, 0.3) is 10.1 Å². The third kappa shape index (κ3) is 11.8. The molecule has 0 bridgehead atoms. The maximum Gasteiger partial charge on any atom is 0.297 e. The van der Waals surface area contributed by atoms with Crippen LogP contribution in [0.1, 0.15) is 26.2 Å².